The third kappa shape index (κ3) is 4.54. The molecule has 1 heterocycles. The van der Waals surface area contributed by atoms with E-state index in [2.05, 4.69) is 26.2 Å². The summed E-state index contributed by atoms with van der Waals surface area (Å²) < 4.78 is 5.48. The lowest BCUT2D eigenvalue weighted by molar-refractivity contribution is 0.1000. The Balaban J connectivity index is 1.58. The molecule has 1 amide bonds. The van der Waals surface area contributed by atoms with Crippen LogP contribution in [0.1, 0.15) is 15.9 Å². The van der Waals surface area contributed by atoms with Crippen molar-refractivity contribution in [2.45, 2.75) is 6.54 Å². The van der Waals surface area contributed by atoms with Crippen molar-refractivity contribution in [1.29, 1.82) is 0 Å². The van der Waals surface area contributed by atoms with Crippen LogP contribution in [0.2, 0.25) is 0 Å². The molecule has 2 aromatic rings. The molecule has 148 valence electrons. The topological polar surface area (TPSA) is 83.2 Å². The number of benzene rings is 2. The first kappa shape index (κ1) is 19.5. The third-order valence-electron chi connectivity index (χ3n) is 4.88. The molecule has 28 heavy (non-hydrogen) atoms. The predicted octanol–water partition coefficient (Wildman–Crippen LogP) is 1.69. The van der Waals surface area contributed by atoms with Gasteiger partial charge in [-0.3, -0.25) is 9.79 Å². The minimum atomic E-state index is -0.418. The molecule has 0 radical (unpaired) electrons. The summed E-state index contributed by atoms with van der Waals surface area (Å²) in [4.78, 5) is 20.3. The van der Waals surface area contributed by atoms with E-state index in [4.69, 9.17) is 10.5 Å². The Morgan fingerprint density at radius 3 is 2.57 bits per heavy atom. The smallest absolute Gasteiger partial charge is 0.248 e. The Kier molecular flexibility index (Phi) is 6.37. The predicted molar refractivity (Wildman–Crippen MR) is 112 cm³/mol. The van der Waals surface area contributed by atoms with E-state index >= 15 is 0 Å². The summed E-state index contributed by atoms with van der Waals surface area (Å²) in [5, 5.41) is 3.38. The number of carbonyl (C=O) groups is 1. The van der Waals surface area contributed by atoms with Crippen molar-refractivity contribution in [3.05, 3.63) is 59.7 Å². The van der Waals surface area contributed by atoms with Gasteiger partial charge in [0, 0.05) is 45.3 Å². The number of para-hydroxylation sites is 2. The van der Waals surface area contributed by atoms with Crippen molar-refractivity contribution >= 4 is 17.6 Å². The number of aliphatic imine (C=N–C) groups is 1. The van der Waals surface area contributed by atoms with Gasteiger partial charge in [0.2, 0.25) is 5.91 Å². The number of nitrogens with two attached hydrogens (primary N) is 1. The molecular weight excluding hydrogens is 354 g/mol. The zero-order valence-electron chi connectivity index (χ0n) is 16.4. The van der Waals surface area contributed by atoms with E-state index in [9.17, 15) is 4.79 Å². The number of ether oxygens (including phenoxy) is 1. The van der Waals surface area contributed by atoms with E-state index in [0.29, 0.717) is 12.1 Å². The van der Waals surface area contributed by atoms with E-state index in [1.807, 2.05) is 36.4 Å². The van der Waals surface area contributed by atoms with Gasteiger partial charge in [-0.05, 0) is 29.8 Å². The molecule has 0 spiro atoms. The van der Waals surface area contributed by atoms with Crippen LogP contribution in [0, 0.1) is 0 Å². The highest BCUT2D eigenvalue weighted by atomic mass is 16.5. The van der Waals surface area contributed by atoms with Crippen LogP contribution in [-0.2, 0) is 6.54 Å². The monoisotopic (exact) mass is 381 g/mol. The Hall–Kier alpha value is -3.22. The lowest BCUT2D eigenvalue weighted by Crippen LogP contribution is -2.52. The summed E-state index contributed by atoms with van der Waals surface area (Å²) >= 11 is 0. The number of primary amides is 1. The molecular formula is C21H27N5O2. The third-order valence-corrected chi connectivity index (χ3v) is 4.88. The number of nitrogens with one attached hydrogen (secondary N) is 1. The van der Waals surface area contributed by atoms with Gasteiger partial charge in [0.15, 0.2) is 5.96 Å². The van der Waals surface area contributed by atoms with Gasteiger partial charge in [-0.25, -0.2) is 0 Å². The Labute approximate surface area is 165 Å². The van der Waals surface area contributed by atoms with Gasteiger partial charge in [-0.15, -0.1) is 0 Å². The van der Waals surface area contributed by atoms with Crippen LogP contribution in [0.4, 0.5) is 5.69 Å². The molecule has 3 N–H and O–H groups in total. The number of hydrogen-bond acceptors (Lipinski definition) is 4. The average Bonchev–Trinajstić information content (AvgIpc) is 2.75. The fourth-order valence-electron chi connectivity index (χ4n) is 3.40. The number of piperazine rings is 1. The highest BCUT2D eigenvalue weighted by molar-refractivity contribution is 5.92. The first-order valence-corrected chi connectivity index (χ1v) is 9.34. The van der Waals surface area contributed by atoms with E-state index in [0.717, 1.165) is 49.1 Å². The number of guanidine groups is 1. The Bertz CT molecular complexity index is 844. The van der Waals surface area contributed by atoms with Crippen LogP contribution < -0.4 is 20.7 Å². The normalized spacial score (nSPS) is 14.7. The molecule has 1 aliphatic heterocycles. The number of amides is 1. The number of nitrogens with zero attached hydrogens (tertiary/aromatic N) is 3. The maximum absolute atomic E-state index is 11.3. The number of carbonyl (C=O) groups excluding carboxylic acids is 1. The summed E-state index contributed by atoms with van der Waals surface area (Å²) in [6.45, 7) is 4.08. The van der Waals surface area contributed by atoms with Gasteiger partial charge in [0.05, 0.1) is 12.8 Å². The zero-order chi connectivity index (χ0) is 19.9. The van der Waals surface area contributed by atoms with E-state index < -0.39 is 5.91 Å². The summed E-state index contributed by atoms with van der Waals surface area (Å²) in [6, 6.07) is 15.4. The molecule has 0 aliphatic carbocycles. The van der Waals surface area contributed by atoms with E-state index in [1.165, 1.54) is 0 Å². The minimum Gasteiger partial charge on any atom is -0.495 e. The summed E-state index contributed by atoms with van der Waals surface area (Å²) in [6.07, 6.45) is 0. The molecule has 2 aromatic carbocycles. The summed E-state index contributed by atoms with van der Waals surface area (Å²) in [7, 11) is 3.49. The van der Waals surface area contributed by atoms with Crippen molar-refractivity contribution in [3.8, 4) is 5.75 Å². The second kappa shape index (κ2) is 9.12. The molecule has 7 heteroatoms. The summed E-state index contributed by atoms with van der Waals surface area (Å²) in [5.74, 6) is 1.33. The first-order chi connectivity index (χ1) is 13.6. The molecule has 7 nitrogen and oxygen atoms in total. The van der Waals surface area contributed by atoms with Gasteiger partial charge in [0.25, 0.3) is 0 Å². The van der Waals surface area contributed by atoms with Crippen LogP contribution in [-0.4, -0.2) is 57.1 Å². The molecule has 0 aromatic heterocycles. The summed E-state index contributed by atoms with van der Waals surface area (Å²) in [5.41, 5.74) is 7.98. The highest BCUT2D eigenvalue weighted by Crippen LogP contribution is 2.28. The molecule has 3 rings (SSSR count). The zero-order valence-corrected chi connectivity index (χ0v) is 16.4. The Morgan fingerprint density at radius 1 is 1.14 bits per heavy atom. The van der Waals surface area contributed by atoms with Gasteiger partial charge in [0.1, 0.15) is 5.75 Å². The lowest BCUT2D eigenvalue weighted by Gasteiger charge is -2.38. The van der Waals surface area contributed by atoms with Gasteiger partial charge in [-0.1, -0.05) is 24.3 Å². The van der Waals surface area contributed by atoms with Gasteiger partial charge >= 0.3 is 0 Å². The van der Waals surface area contributed by atoms with Gasteiger partial charge in [-0.2, -0.15) is 0 Å². The number of anilines is 1. The second-order valence-electron chi connectivity index (χ2n) is 6.61. The van der Waals surface area contributed by atoms with Crippen molar-refractivity contribution < 1.29 is 9.53 Å². The number of methoxy groups -OCH3 is 1. The van der Waals surface area contributed by atoms with Crippen LogP contribution in [0.5, 0.6) is 5.75 Å². The fourth-order valence-corrected chi connectivity index (χ4v) is 3.40. The van der Waals surface area contributed by atoms with Crippen molar-refractivity contribution in [2.24, 2.45) is 10.7 Å². The van der Waals surface area contributed by atoms with Crippen LogP contribution in [0.15, 0.2) is 53.5 Å². The highest BCUT2D eigenvalue weighted by Gasteiger charge is 2.21. The average molecular weight is 381 g/mol. The Morgan fingerprint density at radius 2 is 1.89 bits per heavy atom. The van der Waals surface area contributed by atoms with Crippen LogP contribution in [0.3, 0.4) is 0 Å². The SMILES string of the molecule is CN=C(NCc1cccc(C(N)=O)c1)N1CCN(c2ccccc2OC)CC1. The van der Waals surface area contributed by atoms with Gasteiger partial charge < -0.3 is 25.6 Å². The standard InChI is InChI=1S/C21H27N5O2/c1-23-21(24-15-16-6-5-7-17(14-16)20(22)27)26-12-10-25(11-13-26)18-8-3-4-9-19(18)28-2/h3-9,14H,10-13,15H2,1-2H3,(H2,22,27)(H,23,24). The largest absolute Gasteiger partial charge is 0.495 e. The molecule has 0 saturated carbocycles. The van der Waals surface area contributed by atoms with E-state index in [1.54, 1.807) is 20.2 Å². The minimum absolute atomic E-state index is 0.418. The van der Waals surface area contributed by atoms with Crippen molar-refractivity contribution in [1.82, 2.24) is 10.2 Å². The lowest BCUT2D eigenvalue weighted by atomic mass is 10.1. The number of hydrogen-bond donors (Lipinski definition) is 2. The molecule has 1 saturated heterocycles. The number of rotatable bonds is 5. The molecule has 1 fully saturated rings. The van der Waals surface area contributed by atoms with Crippen molar-refractivity contribution in [2.75, 3.05) is 45.2 Å². The van der Waals surface area contributed by atoms with Crippen molar-refractivity contribution in [3.63, 3.8) is 0 Å². The van der Waals surface area contributed by atoms with E-state index in [-0.39, 0.29) is 0 Å². The maximum Gasteiger partial charge on any atom is 0.248 e. The van der Waals surface area contributed by atoms with Crippen LogP contribution in [0.25, 0.3) is 0 Å². The quantitative estimate of drug-likeness (QED) is 0.608. The molecule has 0 unspecified atom stereocenters. The van der Waals surface area contributed by atoms with Crippen LogP contribution >= 0.6 is 0 Å². The maximum atomic E-state index is 11.3. The molecule has 0 atom stereocenters. The second-order valence-corrected chi connectivity index (χ2v) is 6.61. The molecule has 0 bridgehead atoms. The first-order valence-electron chi connectivity index (χ1n) is 9.34. The fraction of sp³-hybridized carbons (Fsp3) is 0.333. The molecule has 1 aliphatic rings.